The Morgan fingerprint density at radius 1 is 1.10 bits per heavy atom. The maximum Gasteiger partial charge on any atom is 0.405 e. The van der Waals surface area contributed by atoms with Crippen molar-refractivity contribution < 1.29 is 22.8 Å². The van der Waals surface area contributed by atoms with Crippen LogP contribution in [0.25, 0.3) is 0 Å². The average Bonchev–Trinajstić information content (AvgIpc) is 2.64. The lowest BCUT2D eigenvalue weighted by atomic mass is 10.1. The number of hydrogen-bond donors (Lipinski definition) is 2. The maximum atomic E-state index is 12.2. The van der Waals surface area contributed by atoms with E-state index < -0.39 is 18.6 Å². The van der Waals surface area contributed by atoms with Crippen LogP contribution in [0.5, 0.6) is 0 Å². The van der Waals surface area contributed by atoms with Crippen LogP contribution >= 0.6 is 11.6 Å². The first-order chi connectivity index (χ1) is 13.6. The van der Waals surface area contributed by atoms with Gasteiger partial charge in [0.05, 0.1) is 0 Å². The number of nitrogens with one attached hydrogen (secondary N) is 2. The van der Waals surface area contributed by atoms with Crippen molar-refractivity contribution in [2.75, 3.05) is 25.5 Å². The Labute approximate surface area is 171 Å². The highest BCUT2D eigenvalue weighted by Gasteiger charge is 2.27. The van der Waals surface area contributed by atoms with E-state index in [1.807, 2.05) is 17.3 Å². The molecule has 5 nitrogen and oxygen atoms in total. The van der Waals surface area contributed by atoms with Gasteiger partial charge in [0.25, 0.3) is 5.91 Å². The number of hydrogen-bond acceptors (Lipinski definition) is 3. The summed E-state index contributed by atoms with van der Waals surface area (Å²) in [7, 11) is 1.84. The van der Waals surface area contributed by atoms with Crippen LogP contribution in [0.15, 0.2) is 48.5 Å². The summed E-state index contributed by atoms with van der Waals surface area (Å²) in [5.41, 5.74) is 1.65. The average molecular weight is 428 g/mol. The summed E-state index contributed by atoms with van der Waals surface area (Å²) in [5.74, 6) is -0.921. The van der Waals surface area contributed by atoms with Crippen LogP contribution in [0.3, 0.4) is 0 Å². The van der Waals surface area contributed by atoms with Crippen LogP contribution in [0, 0.1) is 0 Å². The Kier molecular flexibility index (Phi) is 8.04. The molecule has 156 valence electrons. The SMILES string of the molecule is CN(CCC(=O)Nc1cccc(Cl)c1)Cc1ccc(C(=O)NCC(F)(F)F)cc1. The second-order valence-corrected chi connectivity index (χ2v) is 6.98. The van der Waals surface area contributed by atoms with Crippen LogP contribution in [0.2, 0.25) is 5.02 Å². The molecule has 0 heterocycles. The van der Waals surface area contributed by atoms with E-state index in [-0.39, 0.29) is 17.9 Å². The third kappa shape index (κ3) is 8.53. The minimum Gasteiger partial charge on any atom is -0.343 e. The van der Waals surface area contributed by atoms with Crippen molar-refractivity contribution >= 4 is 29.1 Å². The maximum absolute atomic E-state index is 12.2. The molecule has 0 radical (unpaired) electrons. The van der Waals surface area contributed by atoms with Crippen molar-refractivity contribution in [2.45, 2.75) is 19.1 Å². The smallest absolute Gasteiger partial charge is 0.343 e. The lowest BCUT2D eigenvalue weighted by Crippen LogP contribution is -2.33. The number of carbonyl (C=O) groups is 2. The first-order valence-corrected chi connectivity index (χ1v) is 9.18. The zero-order valence-electron chi connectivity index (χ0n) is 15.7. The van der Waals surface area contributed by atoms with Gasteiger partial charge in [0, 0.05) is 35.8 Å². The highest BCUT2D eigenvalue weighted by atomic mass is 35.5. The fraction of sp³-hybridized carbons (Fsp3) is 0.300. The second kappa shape index (κ2) is 10.3. The topological polar surface area (TPSA) is 61.4 Å². The highest BCUT2D eigenvalue weighted by Crippen LogP contribution is 2.15. The minimum absolute atomic E-state index is 0.143. The molecule has 0 aromatic heterocycles. The molecule has 0 spiro atoms. The van der Waals surface area contributed by atoms with Gasteiger partial charge in [-0.2, -0.15) is 13.2 Å². The van der Waals surface area contributed by atoms with E-state index in [0.29, 0.717) is 23.8 Å². The van der Waals surface area contributed by atoms with Gasteiger partial charge in [-0.05, 0) is 42.9 Å². The zero-order valence-corrected chi connectivity index (χ0v) is 16.5. The molecule has 0 aliphatic rings. The molecule has 2 aromatic carbocycles. The molecular formula is C20H21ClF3N3O2. The first-order valence-electron chi connectivity index (χ1n) is 8.80. The van der Waals surface area contributed by atoms with E-state index >= 15 is 0 Å². The molecule has 0 bridgehead atoms. The molecule has 0 fully saturated rings. The first kappa shape index (κ1) is 22.7. The van der Waals surface area contributed by atoms with Crippen molar-refractivity contribution in [1.82, 2.24) is 10.2 Å². The number of amides is 2. The summed E-state index contributed by atoms with van der Waals surface area (Å²) in [5, 5.41) is 5.14. The van der Waals surface area contributed by atoms with Crippen molar-refractivity contribution in [1.29, 1.82) is 0 Å². The molecule has 2 N–H and O–H groups in total. The number of rotatable bonds is 8. The minimum atomic E-state index is -4.45. The number of carbonyl (C=O) groups excluding carboxylic acids is 2. The Balaban J connectivity index is 1.77. The van der Waals surface area contributed by atoms with Crippen LogP contribution < -0.4 is 10.6 Å². The molecule has 29 heavy (non-hydrogen) atoms. The Morgan fingerprint density at radius 2 is 1.79 bits per heavy atom. The summed E-state index contributed by atoms with van der Waals surface area (Å²) < 4.78 is 36.5. The summed E-state index contributed by atoms with van der Waals surface area (Å²) >= 11 is 5.88. The molecule has 2 aromatic rings. The van der Waals surface area contributed by atoms with Crippen LogP contribution in [0.1, 0.15) is 22.3 Å². The summed E-state index contributed by atoms with van der Waals surface area (Å²) in [6.45, 7) is -0.345. The van der Waals surface area contributed by atoms with E-state index in [9.17, 15) is 22.8 Å². The fourth-order valence-electron chi connectivity index (χ4n) is 2.52. The largest absolute Gasteiger partial charge is 0.405 e. The number of nitrogens with zero attached hydrogens (tertiary/aromatic N) is 1. The van der Waals surface area contributed by atoms with E-state index in [1.54, 1.807) is 36.4 Å². The van der Waals surface area contributed by atoms with Gasteiger partial charge in [0.1, 0.15) is 6.54 Å². The predicted molar refractivity (Wildman–Crippen MR) is 106 cm³/mol. The second-order valence-electron chi connectivity index (χ2n) is 6.54. The van der Waals surface area contributed by atoms with Gasteiger partial charge >= 0.3 is 6.18 Å². The Bertz CT molecular complexity index is 842. The van der Waals surface area contributed by atoms with Gasteiger partial charge < -0.3 is 15.5 Å². The molecule has 0 saturated heterocycles. The lowest BCUT2D eigenvalue weighted by Gasteiger charge is -2.17. The highest BCUT2D eigenvalue weighted by molar-refractivity contribution is 6.30. The number of alkyl halides is 3. The molecule has 9 heteroatoms. The van der Waals surface area contributed by atoms with Crippen molar-refractivity contribution in [3.8, 4) is 0 Å². The molecule has 2 amide bonds. The summed E-state index contributed by atoms with van der Waals surface area (Å²) in [4.78, 5) is 25.7. The monoisotopic (exact) mass is 427 g/mol. The predicted octanol–water partition coefficient (Wildman–Crippen LogP) is 4.09. The third-order valence-corrected chi connectivity index (χ3v) is 4.18. The quantitative estimate of drug-likeness (QED) is 0.667. The molecular weight excluding hydrogens is 407 g/mol. The van der Waals surface area contributed by atoms with Gasteiger partial charge in [-0.1, -0.05) is 29.8 Å². The fourth-order valence-corrected chi connectivity index (χ4v) is 2.71. The van der Waals surface area contributed by atoms with Gasteiger partial charge in [-0.15, -0.1) is 0 Å². The van der Waals surface area contributed by atoms with E-state index in [2.05, 4.69) is 5.32 Å². The van der Waals surface area contributed by atoms with Gasteiger partial charge in [0.15, 0.2) is 0 Å². The van der Waals surface area contributed by atoms with Crippen LogP contribution in [-0.4, -0.2) is 43.0 Å². The molecule has 0 unspecified atom stereocenters. The number of benzene rings is 2. The molecule has 2 rings (SSSR count). The van der Waals surface area contributed by atoms with Gasteiger partial charge in [0.2, 0.25) is 5.91 Å². The third-order valence-electron chi connectivity index (χ3n) is 3.95. The van der Waals surface area contributed by atoms with Crippen LogP contribution in [0.4, 0.5) is 18.9 Å². The van der Waals surface area contributed by atoms with Gasteiger partial charge in [-0.25, -0.2) is 0 Å². The number of halogens is 4. The van der Waals surface area contributed by atoms with Gasteiger partial charge in [-0.3, -0.25) is 9.59 Å². The standard InChI is InChI=1S/C20H21ClF3N3O2/c1-27(10-9-18(28)26-17-4-2-3-16(21)11-17)12-14-5-7-15(8-6-14)19(29)25-13-20(22,23)24/h2-8,11H,9-10,12-13H2,1H3,(H,25,29)(H,26,28). The zero-order chi connectivity index (χ0) is 21.4. The Hall–Kier alpha value is -2.58. The summed E-state index contributed by atoms with van der Waals surface area (Å²) in [6.07, 6.45) is -4.17. The van der Waals surface area contributed by atoms with Crippen LogP contribution in [-0.2, 0) is 11.3 Å². The van der Waals surface area contributed by atoms with E-state index in [4.69, 9.17) is 11.6 Å². The molecule has 0 aliphatic carbocycles. The normalized spacial score (nSPS) is 11.4. The lowest BCUT2D eigenvalue weighted by molar-refractivity contribution is -0.123. The number of anilines is 1. The molecule has 0 saturated carbocycles. The van der Waals surface area contributed by atoms with Crippen molar-refractivity contribution in [3.05, 3.63) is 64.7 Å². The van der Waals surface area contributed by atoms with Crippen molar-refractivity contribution in [2.24, 2.45) is 0 Å². The van der Waals surface area contributed by atoms with E-state index in [1.165, 1.54) is 12.1 Å². The molecule has 0 atom stereocenters. The van der Waals surface area contributed by atoms with E-state index in [0.717, 1.165) is 5.56 Å². The van der Waals surface area contributed by atoms with Crippen molar-refractivity contribution in [3.63, 3.8) is 0 Å². The summed E-state index contributed by atoms with van der Waals surface area (Å²) in [6, 6.07) is 13.2. The molecule has 0 aliphatic heterocycles. The Morgan fingerprint density at radius 3 is 2.41 bits per heavy atom.